The maximum absolute atomic E-state index is 12.3. The molecule has 1 aromatic rings. The summed E-state index contributed by atoms with van der Waals surface area (Å²) in [5.41, 5.74) is 1.72. The zero-order chi connectivity index (χ0) is 18.0. The largest absolute Gasteiger partial charge is 0.368 e. The summed E-state index contributed by atoms with van der Waals surface area (Å²) < 4.78 is 22.9. The Morgan fingerprint density at radius 1 is 1.08 bits per heavy atom. The Labute approximate surface area is 147 Å². The Kier molecular flexibility index (Phi) is 4.99. The molecule has 0 saturated carbocycles. The van der Waals surface area contributed by atoms with Crippen LogP contribution < -0.4 is 10.2 Å². The topological polar surface area (TPSA) is 86.8 Å². The summed E-state index contributed by atoms with van der Waals surface area (Å²) in [6.45, 7) is 4.12. The van der Waals surface area contributed by atoms with Gasteiger partial charge in [0.25, 0.3) is 0 Å². The zero-order valence-electron chi connectivity index (χ0n) is 14.3. The number of nitrogens with zero attached hydrogens (tertiary/aromatic N) is 2. The summed E-state index contributed by atoms with van der Waals surface area (Å²) in [4.78, 5) is 27.5. The van der Waals surface area contributed by atoms with Crippen LogP contribution in [0.1, 0.15) is 23.7 Å². The van der Waals surface area contributed by atoms with E-state index in [2.05, 4.69) is 10.2 Å². The maximum Gasteiger partial charge on any atom is 0.317 e. The van der Waals surface area contributed by atoms with Gasteiger partial charge in [-0.2, -0.15) is 0 Å². The summed E-state index contributed by atoms with van der Waals surface area (Å²) in [6, 6.07) is 7.03. The monoisotopic (exact) mass is 365 g/mol. The Bertz CT molecular complexity index is 753. The summed E-state index contributed by atoms with van der Waals surface area (Å²) in [6.07, 6.45) is 0.497. The highest BCUT2D eigenvalue weighted by atomic mass is 32.2. The molecular formula is C17H23N3O4S. The quantitative estimate of drug-likeness (QED) is 0.805. The lowest BCUT2D eigenvalue weighted by atomic mass is 10.1. The molecule has 0 spiro atoms. The number of hydrogen-bond acceptors (Lipinski definition) is 5. The van der Waals surface area contributed by atoms with E-state index in [1.807, 2.05) is 24.3 Å². The molecule has 3 rings (SSSR count). The number of urea groups is 1. The Balaban J connectivity index is 1.51. The molecule has 2 aliphatic heterocycles. The number of anilines is 1. The van der Waals surface area contributed by atoms with Crippen molar-refractivity contribution in [3.05, 3.63) is 29.8 Å². The number of rotatable bonds is 3. The second-order valence-electron chi connectivity index (χ2n) is 6.63. The van der Waals surface area contributed by atoms with Crippen LogP contribution in [0.3, 0.4) is 0 Å². The molecule has 1 atom stereocenters. The van der Waals surface area contributed by atoms with Crippen LogP contribution >= 0.6 is 0 Å². The lowest BCUT2D eigenvalue weighted by Gasteiger charge is -2.36. The van der Waals surface area contributed by atoms with Gasteiger partial charge in [-0.05, 0) is 37.6 Å². The third-order valence-corrected chi connectivity index (χ3v) is 6.53. The number of carbonyl (C=O) groups is 2. The van der Waals surface area contributed by atoms with Gasteiger partial charge in [0.2, 0.25) is 0 Å². The molecule has 1 aromatic carbocycles. The predicted molar refractivity (Wildman–Crippen MR) is 95.8 cm³/mol. The molecule has 0 unspecified atom stereocenters. The predicted octanol–water partition coefficient (Wildman–Crippen LogP) is 0.908. The molecular weight excluding hydrogens is 342 g/mol. The van der Waals surface area contributed by atoms with Crippen molar-refractivity contribution >= 4 is 27.3 Å². The highest BCUT2D eigenvalue weighted by molar-refractivity contribution is 7.91. The second kappa shape index (κ2) is 7.03. The van der Waals surface area contributed by atoms with Crippen molar-refractivity contribution in [3.63, 3.8) is 0 Å². The summed E-state index contributed by atoms with van der Waals surface area (Å²) in [5.74, 6) is 0.241. The van der Waals surface area contributed by atoms with E-state index in [1.54, 1.807) is 11.8 Å². The molecule has 2 fully saturated rings. The number of sulfone groups is 1. The standard InChI is InChI=1S/C17H23N3O4S/c1-13(21)14-2-4-16(5-3-14)19-7-9-20(10-8-19)17(22)18-15-6-11-25(23,24)12-15/h2-5,15H,6-12H2,1H3,(H,18,22)/t15-/m1/s1. The Hall–Kier alpha value is -2.09. The lowest BCUT2D eigenvalue weighted by Crippen LogP contribution is -2.53. The van der Waals surface area contributed by atoms with Crippen LogP contribution in [0.25, 0.3) is 0 Å². The fourth-order valence-electron chi connectivity index (χ4n) is 3.25. The molecule has 7 nitrogen and oxygen atoms in total. The first kappa shape index (κ1) is 17.7. The van der Waals surface area contributed by atoms with Crippen molar-refractivity contribution in [2.45, 2.75) is 19.4 Å². The molecule has 2 saturated heterocycles. The minimum atomic E-state index is -2.99. The molecule has 0 bridgehead atoms. The molecule has 2 heterocycles. The lowest BCUT2D eigenvalue weighted by molar-refractivity contribution is 0.101. The number of hydrogen-bond donors (Lipinski definition) is 1. The zero-order valence-corrected chi connectivity index (χ0v) is 15.1. The maximum atomic E-state index is 12.3. The fourth-order valence-corrected chi connectivity index (χ4v) is 4.92. The smallest absolute Gasteiger partial charge is 0.317 e. The van der Waals surface area contributed by atoms with E-state index >= 15 is 0 Å². The Morgan fingerprint density at radius 2 is 1.72 bits per heavy atom. The van der Waals surface area contributed by atoms with Crippen molar-refractivity contribution in [2.75, 3.05) is 42.6 Å². The molecule has 2 amide bonds. The van der Waals surface area contributed by atoms with Gasteiger partial charge < -0.3 is 15.1 Å². The third-order valence-electron chi connectivity index (χ3n) is 4.77. The molecule has 0 radical (unpaired) electrons. The molecule has 8 heteroatoms. The van der Waals surface area contributed by atoms with Gasteiger partial charge in [-0.1, -0.05) is 0 Å². The summed E-state index contributed by atoms with van der Waals surface area (Å²) in [5, 5.41) is 2.83. The van der Waals surface area contributed by atoms with Gasteiger partial charge in [0.15, 0.2) is 15.6 Å². The minimum absolute atomic E-state index is 0.0429. The van der Waals surface area contributed by atoms with Crippen molar-refractivity contribution in [1.29, 1.82) is 0 Å². The average Bonchev–Trinajstić information content (AvgIpc) is 2.93. The third kappa shape index (κ3) is 4.31. The van der Waals surface area contributed by atoms with E-state index in [9.17, 15) is 18.0 Å². The van der Waals surface area contributed by atoms with Gasteiger partial charge >= 0.3 is 6.03 Å². The van der Waals surface area contributed by atoms with Crippen molar-refractivity contribution in [2.24, 2.45) is 0 Å². The van der Waals surface area contributed by atoms with Crippen molar-refractivity contribution < 1.29 is 18.0 Å². The SMILES string of the molecule is CC(=O)c1ccc(N2CCN(C(=O)N[C@@H]3CCS(=O)(=O)C3)CC2)cc1. The van der Waals surface area contributed by atoms with E-state index < -0.39 is 9.84 Å². The van der Waals surface area contributed by atoms with Crippen LogP contribution in [0.4, 0.5) is 10.5 Å². The summed E-state index contributed by atoms with van der Waals surface area (Å²) >= 11 is 0. The number of amides is 2. The van der Waals surface area contributed by atoms with Crippen LogP contribution in [-0.4, -0.2) is 68.9 Å². The van der Waals surface area contributed by atoms with Crippen molar-refractivity contribution in [1.82, 2.24) is 10.2 Å². The normalized spacial score (nSPS) is 22.7. The first-order chi connectivity index (χ1) is 11.8. The first-order valence-electron chi connectivity index (χ1n) is 8.46. The molecule has 2 aliphatic rings. The van der Waals surface area contributed by atoms with E-state index in [0.29, 0.717) is 38.2 Å². The van der Waals surface area contributed by atoms with E-state index in [-0.39, 0.29) is 29.4 Å². The molecule has 1 N–H and O–H groups in total. The minimum Gasteiger partial charge on any atom is -0.368 e. The van der Waals surface area contributed by atoms with Crippen LogP contribution in [0, 0.1) is 0 Å². The number of ketones is 1. The van der Waals surface area contributed by atoms with Gasteiger partial charge in [-0.15, -0.1) is 0 Å². The number of nitrogens with one attached hydrogen (secondary N) is 1. The molecule has 136 valence electrons. The van der Waals surface area contributed by atoms with Gasteiger partial charge in [0.05, 0.1) is 11.5 Å². The molecule has 0 aliphatic carbocycles. The van der Waals surface area contributed by atoms with Crippen LogP contribution in [0.2, 0.25) is 0 Å². The summed E-state index contributed by atoms with van der Waals surface area (Å²) in [7, 11) is -2.99. The van der Waals surface area contributed by atoms with Gasteiger partial charge in [0, 0.05) is 43.5 Å². The van der Waals surface area contributed by atoms with Gasteiger partial charge in [-0.3, -0.25) is 4.79 Å². The van der Waals surface area contributed by atoms with Crippen molar-refractivity contribution in [3.8, 4) is 0 Å². The highest BCUT2D eigenvalue weighted by Crippen LogP contribution is 2.18. The fraction of sp³-hybridized carbons (Fsp3) is 0.529. The van der Waals surface area contributed by atoms with E-state index in [4.69, 9.17) is 0 Å². The number of piperazine rings is 1. The molecule has 0 aromatic heterocycles. The van der Waals surface area contributed by atoms with Gasteiger partial charge in [0.1, 0.15) is 0 Å². The van der Waals surface area contributed by atoms with Crippen LogP contribution in [0.5, 0.6) is 0 Å². The highest BCUT2D eigenvalue weighted by Gasteiger charge is 2.30. The second-order valence-corrected chi connectivity index (χ2v) is 8.86. The van der Waals surface area contributed by atoms with E-state index in [1.165, 1.54) is 0 Å². The number of Topliss-reactive ketones (excluding diaryl/α,β-unsaturated/α-hetero) is 1. The van der Waals surface area contributed by atoms with Crippen LogP contribution in [-0.2, 0) is 9.84 Å². The number of carbonyl (C=O) groups excluding carboxylic acids is 2. The molecule has 25 heavy (non-hydrogen) atoms. The Morgan fingerprint density at radius 3 is 2.24 bits per heavy atom. The van der Waals surface area contributed by atoms with Gasteiger partial charge in [-0.25, -0.2) is 13.2 Å². The van der Waals surface area contributed by atoms with E-state index in [0.717, 1.165) is 5.69 Å². The average molecular weight is 365 g/mol. The first-order valence-corrected chi connectivity index (χ1v) is 10.3. The number of benzene rings is 1. The van der Waals surface area contributed by atoms with Crippen LogP contribution in [0.15, 0.2) is 24.3 Å².